The third-order valence-corrected chi connectivity index (χ3v) is 2.07. The Bertz CT molecular complexity index is 297. The van der Waals surface area contributed by atoms with Crippen LogP contribution in [-0.4, -0.2) is 28.5 Å². The fraction of sp³-hybridized carbons (Fsp3) is 0.800. The summed E-state index contributed by atoms with van der Waals surface area (Å²) in [6.07, 6.45) is -0.253. The molecule has 0 fully saturated rings. The highest BCUT2D eigenvalue weighted by molar-refractivity contribution is 4.93. The minimum Gasteiger partial charge on any atom is -0.393 e. The fourth-order valence-corrected chi connectivity index (χ4v) is 1.39. The lowest BCUT2D eigenvalue weighted by atomic mass is 10.1. The Kier molecular flexibility index (Phi) is 4.23. The summed E-state index contributed by atoms with van der Waals surface area (Å²) in [4.78, 5) is 4.18. The predicted molar refractivity (Wildman–Crippen MR) is 54.3 cm³/mol. The largest absolute Gasteiger partial charge is 0.393 e. The molecule has 1 heterocycles. The Morgan fingerprint density at radius 2 is 2.07 bits per heavy atom. The highest BCUT2D eigenvalue weighted by Crippen LogP contribution is 2.22. The van der Waals surface area contributed by atoms with Crippen LogP contribution in [0.1, 0.15) is 38.6 Å². The van der Waals surface area contributed by atoms with Gasteiger partial charge in [-0.3, -0.25) is 0 Å². The monoisotopic (exact) mass is 214 g/mol. The number of aromatic nitrogens is 2. The van der Waals surface area contributed by atoms with Crippen molar-refractivity contribution >= 4 is 0 Å². The first-order chi connectivity index (χ1) is 7.04. The van der Waals surface area contributed by atoms with E-state index in [0.29, 0.717) is 18.1 Å². The van der Waals surface area contributed by atoms with Crippen molar-refractivity contribution in [1.29, 1.82) is 0 Å². The molecule has 0 amide bonds. The second-order valence-corrected chi connectivity index (χ2v) is 4.00. The second kappa shape index (κ2) is 5.23. The van der Waals surface area contributed by atoms with Crippen molar-refractivity contribution in [3.8, 4) is 0 Å². The van der Waals surface area contributed by atoms with Gasteiger partial charge in [-0.2, -0.15) is 4.98 Å². The van der Waals surface area contributed by atoms with E-state index in [1.165, 1.54) is 0 Å². The van der Waals surface area contributed by atoms with Crippen molar-refractivity contribution < 1.29 is 14.4 Å². The molecule has 0 aliphatic carbocycles. The van der Waals surface area contributed by atoms with E-state index in [9.17, 15) is 0 Å². The highest BCUT2D eigenvalue weighted by atomic mass is 16.5. The second-order valence-electron chi connectivity index (χ2n) is 4.00. The summed E-state index contributed by atoms with van der Waals surface area (Å²) in [7, 11) is 1.62. The number of hydrogen-bond donors (Lipinski definition) is 1. The van der Waals surface area contributed by atoms with Crippen molar-refractivity contribution in [2.75, 3.05) is 7.11 Å². The van der Waals surface area contributed by atoms with Gasteiger partial charge in [0.1, 0.15) is 6.10 Å². The van der Waals surface area contributed by atoms with Crippen LogP contribution < -0.4 is 0 Å². The molecule has 0 aliphatic rings. The van der Waals surface area contributed by atoms with Crippen LogP contribution in [0.4, 0.5) is 0 Å². The Labute approximate surface area is 89.4 Å². The van der Waals surface area contributed by atoms with Gasteiger partial charge >= 0.3 is 0 Å². The van der Waals surface area contributed by atoms with Crippen LogP contribution in [0.15, 0.2) is 4.52 Å². The Balaban J connectivity index is 2.73. The average molecular weight is 214 g/mol. The molecule has 86 valence electrons. The van der Waals surface area contributed by atoms with Gasteiger partial charge in [0.2, 0.25) is 11.7 Å². The van der Waals surface area contributed by atoms with E-state index in [2.05, 4.69) is 10.1 Å². The molecule has 0 spiro atoms. The van der Waals surface area contributed by atoms with Crippen LogP contribution in [-0.2, 0) is 11.2 Å². The zero-order valence-electron chi connectivity index (χ0n) is 9.60. The number of aliphatic hydroxyl groups is 1. The van der Waals surface area contributed by atoms with Crippen LogP contribution in [0.25, 0.3) is 0 Å². The minimum atomic E-state index is -0.474. The van der Waals surface area contributed by atoms with E-state index in [-0.39, 0.29) is 12.0 Å². The molecule has 1 aromatic heterocycles. The molecule has 1 rings (SSSR count). The molecular formula is C10H18N2O3. The van der Waals surface area contributed by atoms with Gasteiger partial charge in [-0.15, -0.1) is 0 Å². The molecule has 5 heteroatoms. The van der Waals surface area contributed by atoms with Crippen molar-refractivity contribution in [3.05, 3.63) is 11.7 Å². The summed E-state index contributed by atoms with van der Waals surface area (Å²) >= 11 is 0. The molecule has 1 N–H and O–H groups in total. The zero-order valence-corrected chi connectivity index (χ0v) is 9.60. The molecule has 0 bridgehead atoms. The summed E-state index contributed by atoms with van der Waals surface area (Å²) < 4.78 is 10.3. The number of aliphatic hydroxyl groups excluding tert-OH is 1. The molecule has 15 heavy (non-hydrogen) atoms. The zero-order chi connectivity index (χ0) is 11.4. The number of nitrogens with zero attached hydrogens (tertiary/aromatic N) is 2. The van der Waals surface area contributed by atoms with Gasteiger partial charge in [0, 0.05) is 7.11 Å². The summed E-state index contributed by atoms with van der Waals surface area (Å²) in [5.74, 6) is 1.28. The van der Waals surface area contributed by atoms with Gasteiger partial charge in [0.25, 0.3) is 0 Å². The van der Waals surface area contributed by atoms with E-state index >= 15 is 0 Å². The molecule has 0 aliphatic heterocycles. The van der Waals surface area contributed by atoms with Gasteiger partial charge in [-0.05, 0) is 12.8 Å². The predicted octanol–water partition coefficient (Wildman–Crippen LogP) is 1.34. The number of methoxy groups -OCH3 is 1. The van der Waals surface area contributed by atoms with E-state index in [1.807, 2.05) is 13.8 Å². The summed E-state index contributed by atoms with van der Waals surface area (Å²) in [5, 5.41) is 13.0. The first-order valence-electron chi connectivity index (χ1n) is 5.08. The molecule has 0 aromatic carbocycles. The maximum Gasteiger partial charge on any atom is 0.229 e. The number of hydrogen-bond acceptors (Lipinski definition) is 5. The van der Waals surface area contributed by atoms with E-state index in [4.69, 9.17) is 14.4 Å². The molecule has 0 radical (unpaired) electrons. The Hall–Kier alpha value is -0.940. The van der Waals surface area contributed by atoms with Crippen LogP contribution >= 0.6 is 0 Å². The first-order valence-corrected chi connectivity index (χ1v) is 5.08. The van der Waals surface area contributed by atoms with Gasteiger partial charge in [-0.25, -0.2) is 0 Å². The summed E-state index contributed by atoms with van der Waals surface area (Å²) in [6, 6.07) is 0. The van der Waals surface area contributed by atoms with Gasteiger partial charge < -0.3 is 14.4 Å². The van der Waals surface area contributed by atoms with E-state index in [1.54, 1.807) is 14.0 Å². The highest BCUT2D eigenvalue weighted by Gasteiger charge is 2.21. The smallest absolute Gasteiger partial charge is 0.229 e. The minimum absolute atomic E-state index is 0.156. The lowest BCUT2D eigenvalue weighted by Crippen LogP contribution is -2.11. The quantitative estimate of drug-likeness (QED) is 0.801. The topological polar surface area (TPSA) is 68.4 Å². The maximum atomic E-state index is 9.16. The molecule has 0 saturated carbocycles. The summed E-state index contributed by atoms with van der Waals surface area (Å²) in [5.41, 5.74) is 0. The van der Waals surface area contributed by atoms with Crippen molar-refractivity contribution in [2.24, 2.45) is 5.92 Å². The van der Waals surface area contributed by atoms with E-state index < -0.39 is 6.10 Å². The molecule has 2 unspecified atom stereocenters. The van der Waals surface area contributed by atoms with Crippen LogP contribution in [0.3, 0.4) is 0 Å². The lowest BCUT2D eigenvalue weighted by Gasteiger charge is -2.14. The fourth-order valence-electron chi connectivity index (χ4n) is 1.39. The first kappa shape index (κ1) is 12.1. The van der Waals surface area contributed by atoms with Gasteiger partial charge in [0.05, 0.1) is 12.5 Å². The normalized spacial score (nSPS) is 15.6. The summed E-state index contributed by atoms with van der Waals surface area (Å²) in [6.45, 7) is 5.73. The van der Waals surface area contributed by atoms with Crippen molar-refractivity contribution in [3.63, 3.8) is 0 Å². The Morgan fingerprint density at radius 3 is 2.53 bits per heavy atom. The maximum absolute atomic E-state index is 9.16. The Morgan fingerprint density at radius 1 is 1.40 bits per heavy atom. The van der Waals surface area contributed by atoms with Crippen LogP contribution in [0.2, 0.25) is 0 Å². The van der Waals surface area contributed by atoms with Gasteiger partial charge in [0.15, 0.2) is 0 Å². The average Bonchev–Trinajstić information content (AvgIpc) is 2.52. The SMILES string of the molecule is COC(c1noc(CC(C)O)n1)C(C)C. The molecular weight excluding hydrogens is 196 g/mol. The standard InChI is InChI=1S/C10H18N2O3/c1-6(2)9(14-4)10-11-8(15-12-10)5-7(3)13/h6-7,9,13H,5H2,1-4H3. The van der Waals surface area contributed by atoms with Crippen molar-refractivity contribution in [2.45, 2.75) is 39.4 Å². The van der Waals surface area contributed by atoms with Crippen LogP contribution in [0, 0.1) is 5.92 Å². The molecule has 2 atom stereocenters. The molecule has 0 saturated heterocycles. The van der Waals surface area contributed by atoms with Gasteiger partial charge in [-0.1, -0.05) is 19.0 Å². The number of ether oxygens (including phenoxy) is 1. The van der Waals surface area contributed by atoms with Crippen LogP contribution in [0.5, 0.6) is 0 Å². The number of rotatable bonds is 5. The third kappa shape index (κ3) is 3.28. The third-order valence-electron chi connectivity index (χ3n) is 2.07. The van der Waals surface area contributed by atoms with Crippen molar-refractivity contribution in [1.82, 2.24) is 10.1 Å². The lowest BCUT2D eigenvalue weighted by molar-refractivity contribution is 0.0555. The molecule has 1 aromatic rings. The van der Waals surface area contributed by atoms with E-state index in [0.717, 1.165) is 0 Å². The molecule has 5 nitrogen and oxygen atoms in total.